The largest absolute Gasteiger partial charge is 0.507 e. The molecule has 9 aliphatic carbocycles. The summed E-state index contributed by atoms with van der Waals surface area (Å²) in [6, 6.07) is 35.4. The molecule has 8 aromatic rings. The minimum atomic E-state index is 0.195. The summed E-state index contributed by atoms with van der Waals surface area (Å²) in [6.45, 7) is 0. The van der Waals surface area contributed by atoms with Crippen LogP contribution in [0.25, 0.3) is 0 Å². The zero-order valence-electron chi connectivity index (χ0n) is 61.7. The van der Waals surface area contributed by atoms with E-state index in [4.69, 9.17) is 0 Å². The van der Waals surface area contributed by atoms with Crippen LogP contribution in [0.3, 0.4) is 0 Å². The van der Waals surface area contributed by atoms with E-state index >= 15 is 0 Å². The Morgan fingerprint density at radius 2 is 0.212 bits per heavy atom. The molecule has 8 fully saturated rings. The van der Waals surface area contributed by atoms with Crippen molar-refractivity contribution in [2.75, 3.05) is 0 Å². The summed E-state index contributed by atoms with van der Waals surface area (Å²) < 4.78 is 0. The monoisotopic (exact) mass is 1390 g/mol. The maximum atomic E-state index is 13.1. The van der Waals surface area contributed by atoms with Crippen LogP contribution in [-0.4, -0.2) is 40.9 Å². The highest BCUT2D eigenvalue weighted by atomic mass is 16.3. The third-order valence-corrected chi connectivity index (χ3v) is 28.0. The van der Waals surface area contributed by atoms with E-state index in [9.17, 15) is 40.9 Å². The van der Waals surface area contributed by atoms with Gasteiger partial charge >= 0.3 is 0 Å². The molecule has 8 nitrogen and oxygen atoms in total. The van der Waals surface area contributed by atoms with Gasteiger partial charge in [-0.3, -0.25) is 0 Å². The molecular weight excluding hydrogens is 1280 g/mol. The van der Waals surface area contributed by atoms with E-state index in [1.54, 1.807) is 0 Å². The van der Waals surface area contributed by atoms with Crippen molar-refractivity contribution in [3.05, 3.63) is 231 Å². The summed E-state index contributed by atoms with van der Waals surface area (Å²) in [7, 11) is 0. The number of hydrogen-bond acceptors (Lipinski definition) is 8. The van der Waals surface area contributed by atoms with Crippen LogP contribution in [0.15, 0.2) is 97.1 Å². The Bertz CT molecular complexity index is 3460. The normalized spacial score (nSPS) is 20.3. The van der Waals surface area contributed by atoms with Crippen LogP contribution in [0.1, 0.15) is 386 Å². The van der Waals surface area contributed by atoms with Crippen LogP contribution < -0.4 is 0 Å². The summed E-state index contributed by atoms with van der Waals surface area (Å²) in [6.07, 6.45) is 37.9. The average Bonchev–Trinajstić information content (AvgIpc) is 1.05. The smallest absolute Gasteiger partial charge is 0.122 e. The van der Waals surface area contributed by atoms with Crippen molar-refractivity contribution in [2.45, 2.75) is 304 Å². The molecule has 0 aromatic heterocycles. The van der Waals surface area contributed by atoms with Crippen LogP contribution >= 0.6 is 0 Å². The molecule has 104 heavy (non-hydrogen) atoms. The predicted octanol–water partition coefficient (Wildman–Crippen LogP) is 23.6. The molecular formula is C96H112O8. The van der Waals surface area contributed by atoms with Crippen molar-refractivity contribution in [3.63, 3.8) is 0 Å². The topological polar surface area (TPSA) is 162 Å². The lowest BCUT2D eigenvalue weighted by molar-refractivity contribution is 0.451. The first-order valence-corrected chi connectivity index (χ1v) is 41.5. The molecule has 8 aromatic carbocycles. The van der Waals surface area contributed by atoms with Gasteiger partial charge in [-0.1, -0.05) is 200 Å². The van der Waals surface area contributed by atoms with E-state index in [0.717, 1.165) is 294 Å². The van der Waals surface area contributed by atoms with Gasteiger partial charge in [0.1, 0.15) is 46.0 Å². The van der Waals surface area contributed by atoms with Gasteiger partial charge in [0.05, 0.1) is 0 Å². The molecule has 0 unspecified atom stereocenters. The van der Waals surface area contributed by atoms with Gasteiger partial charge in [0.25, 0.3) is 0 Å². The van der Waals surface area contributed by atoms with Crippen molar-refractivity contribution in [3.8, 4) is 46.0 Å². The maximum Gasteiger partial charge on any atom is 0.122 e. The first-order chi connectivity index (χ1) is 50.7. The molecule has 17 rings (SSSR count). The Morgan fingerprint density at radius 1 is 0.135 bits per heavy atom. The molecule has 0 amide bonds. The number of benzene rings is 8. The second-order valence-electron chi connectivity index (χ2n) is 34.8. The highest BCUT2D eigenvalue weighted by Crippen LogP contribution is 2.51. The minimum Gasteiger partial charge on any atom is -0.507 e. The molecule has 8 heteroatoms. The molecule has 0 saturated heterocycles. The fraction of sp³-hybridized carbons (Fsp3) is 0.500. The predicted molar refractivity (Wildman–Crippen MR) is 417 cm³/mol. The first-order valence-electron chi connectivity index (χ1n) is 41.5. The lowest BCUT2D eigenvalue weighted by Crippen LogP contribution is -2.06. The van der Waals surface area contributed by atoms with Crippen LogP contribution in [0.2, 0.25) is 0 Å². The molecule has 0 atom stereocenters. The summed E-state index contributed by atoms with van der Waals surface area (Å²) >= 11 is 0. The van der Waals surface area contributed by atoms with Gasteiger partial charge in [0.15, 0.2) is 0 Å². The summed E-state index contributed by atoms with van der Waals surface area (Å²) in [5.41, 5.74) is 21.9. The number of phenolic OH excluding ortho intramolecular Hbond substituents is 8. The number of hydrogen-bond donors (Lipinski definition) is 8. The van der Waals surface area contributed by atoms with Crippen LogP contribution in [0, 0.1) is 0 Å². The standard InChI is InChI=1S/C96H112O8/c97-89-73-33-65(57-17-1-2-18-57)34-74(89)50-76-36-67(59-21-5-6-22-59)38-78(91(76)99)52-80-40-69(61-25-9-10-26-61)42-82(93(80)101)54-84-44-71(63-29-13-14-30-63)46-86(95(84)103)56-88-48-72(64-31-15-16-32-64)47-87(96(88)104)55-85-45-70(62-27-11-12-28-62)43-83(94(85)102)53-81-41-68(60-23-7-8-24-60)39-79(92(81)100)51-77-37-66(58-19-3-4-20-58)35-75(49-73)90(77)98/h33-48,57-64,97-104H,1-32,49-56H2. The van der Waals surface area contributed by atoms with E-state index in [1.807, 2.05) is 0 Å². The Balaban J connectivity index is 0.858. The Kier molecular flexibility index (Phi) is 19.9. The van der Waals surface area contributed by atoms with Gasteiger partial charge in [-0.05, 0) is 284 Å². The van der Waals surface area contributed by atoms with Crippen LogP contribution in [-0.2, 0) is 51.4 Å². The maximum absolute atomic E-state index is 13.1. The average molecular weight is 1390 g/mol. The van der Waals surface area contributed by atoms with Gasteiger partial charge in [-0.15, -0.1) is 0 Å². The highest BCUT2D eigenvalue weighted by molar-refractivity contribution is 5.62. The van der Waals surface area contributed by atoms with Gasteiger partial charge in [0, 0.05) is 51.4 Å². The summed E-state index contributed by atoms with van der Waals surface area (Å²) in [5.74, 6) is 4.18. The fourth-order valence-electron chi connectivity index (χ4n) is 22.1. The van der Waals surface area contributed by atoms with Gasteiger partial charge in [-0.25, -0.2) is 0 Å². The molecule has 544 valence electrons. The lowest BCUT2D eigenvalue weighted by Gasteiger charge is -2.23. The number of rotatable bonds is 8. The molecule has 8 N–H and O–H groups in total. The minimum absolute atomic E-state index is 0.195. The van der Waals surface area contributed by atoms with E-state index in [2.05, 4.69) is 97.1 Å². The summed E-state index contributed by atoms with van der Waals surface area (Å²) in [5, 5.41) is 105. The van der Waals surface area contributed by atoms with Crippen molar-refractivity contribution in [1.29, 1.82) is 0 Å². The molecule has 0 heterocycles. The zero-order chi connectivity index (χ0) is 70.7. The molecule has 0 radical (unpaired) electrons. The molecule has 9 aliphatic rings. The Labute approximate surface area is 618 Å². The van der Waals surface area contributed by atoms with Crippen molar-refractivity contribution < 1.29 is 40.9 Å². The second-order valence-corrected chi connectivity index (χ2v) is 34.8. The van der Waals surface area contributed by atoms with Gasteiger partial charge < -0.3 is 40.9 Å². The van der Waals surface area contributed by atoms with Crippen molar-refractivity contribution in [1.82, 2.24) is 0 Å². The zero-order valence-corrected chi connectivity index (χ0v) is 61.7. The van der Waals surface area contributed by atoms with E-state index in [-0.39, 0.29) is 46.0 Å². The van der Waals surface area contributed by atoms with E-state index in [1.165, 1.54) is 44.5 Å². The SMILES string of the molecule is Oc1c2cc(C3CCCC3)cc1Cc1cc(C3CCCC3)cc(c1O)Cc1cc(C3CCCC3)cc(c1O)Cc1cc(C3CCCC3)cc(c1O)Cc1cc(C3CCCC3)cc(c1O)Cc1cc(C3CCCC3)cc(c1O)Cc1cc(C3CCCC3)cc(c1O)Cc1cc(C3CCCC3)cc(c1O)C2. The van der Waals surface area contributed by atoms with Crippen molar-refractivity contribution >= 4 is 0 Å². The quantitative estimate of drug-likeness (QED) is 0.0746. The number of phenols is 8. The molecule has 0 aliphatic heterocycles. The number of fused-ring (bicyclic) bond motifs is 16. The number of aromatic hydroxyl groups is 8. The van der Waals surface area contributed by atoms with Crippen LogP contribution in [0.4, 0.5) is 0 Å². The Hall–Kier alpha value is -7.84. The van der Waals surface area contributed by atoms with Crippen molar-refractivity contribution in [2.24, 2.45) is 0 Å². The highest BCUT2D eigenvalue weighted by Gasteiger charge is 2.33. The third-order valence-electron chi connectivity index (χ3n) is 28.0. The van der Waals surface area contributed by atoms with Gasteiger partial charge in [0.2, 0.25) is 0 Å². The van der Waals surface area contributed by atoms with Gasteiger partial charge in [-0.2, -0.15) is 0 Å². The third kappa shape index (κ3) is 14.2. The molecule has 8 saturated carbocycles. The van der Waals surface area contributed by atoms with E-state index in [0.29, 0.717) is 98.7 Å². The molecule has 0 spiro atoms. The Morgan fingerprint density at radius 3 is 0.288 bits per heavy atom. The summed E-state index contributed by atoms with van der Waals surface area (Å²) in [4.78, 5) is 0. The fourth-order valence-corrected chi connectivity index (χ4v) is 22.1. The lowest BCUT2D eigenvalue weighted by atomic mass is 9.84. The second kappa shape index (κ2) is 29.8. The van der Waals surface area contributed by atoms with E-state index < -0.39 is 0 Å². The first kappa shape index (κ1) is 69.2. The van der Waals surface area contributed by atoms with Crippen LogP contribution in [0.5, 0.6) is 46.0 Å². The molecule has 16 bridgehead atoms.